The van der Waals surface area contributed by atoms with Crippen LogP contribution in [0.4, 0.5) is 0 Å². The zero-order valence-electron chi connectivity index (χ0n) is 19.7. The topological polar surface area (TPSA) is 26.3 Å². The molecule has 0 fully saturated rings. The number of carbonyl (C=O) groups is 1. The van der Waals surface area contributed by atoms with Gasteiger partial charge in [-0.2, -0.15) is 0 Å². The van der Waals surface area contributed by atoms with E-state index in [1.165, 1.54) is 17.7 Å². The molecule has 4 heteroatoms. The predicted octanol–water partition coefficient (Wildman–Crippen LogP) is 7.71. The third kappa shape index (κ3) is 8.97. The first-order valence-electron chi connectivity index (χ1n) is 11.3. The molecule has 0 unspecified atom stereocenters. The average Bonchev–Trinajstić information content (AvgIpc) is 2.72. The molecule has 2 aromatic carbocycles. The first kappa shape index (κ1) is 25.3. The lowest BCUT2D eigenvalue weighted by Gasteiger charge is -2.17. The first-order valence-corrected chi connectivity index (χ1v) is 16.0. The number of thioether (sulfide) groups is 1. The first-order chi connectivity index (χ1) is 14.8. The highest BCUT2D eigenvalue weighted by atomic mass is 32.2. The zero-order valence-corrected chi connectivity index (χ0v) is 21.5. The molecule has 2 rings (SSSR count). The molecule has 31 heavy (non-hydrogen) atoms. The van der Waals surface area contributed by atoms with E-state index in [4.69, 9.17) is 4.74 Å². The minimum absolute atomic E-state index is 0.214. The van der Waals surface area contributed by atoms with Gasteiger partial charge in [-0.1, -0.05) is 75.5 Å². The van der Waals surface area contributed by atoms with Gasteiger partial charge in [0.05, 0.1) is 12.2 Å². The van der Waals surface area contributed by atoms with Crippen molar-refractivity contribution in [3.8, 4) is 11.8 Å². The van der Waals surface area contributed by atoms with Gasteiger partial charge in [0.15, 0.2) is 0 Å². The zero-order chi connectivity index (χ0) is 22.7. The predicted molar refractivity (Wildman–Crippen MR) is 137 cm³/mol. The van der Waals surface area contributed by atoms with Crippen molar-refractivity contribution >= 4 is 25.8 Å². The fourth-order valence-electron chi connectivity index (χ4n) is 3.13. The Bertz CT molecular complexity index is 905. The maximum atomic E-state index is 13.1. The largest absolute Gasteiger partial charge is 0.462 e. The Hall–Kier alpha value is -1.96. The number of carbonyl (C=O) groups excluding carboxylic acids is 1. The van der Waals surface area contributed by atoms with E-state index in [1.807, 2.05) is 31.2 Å². The van der Waals surface area contributed by atoms with Crippen LogP contribution in [0, 0.1) is 18.8 Å². The summed E-state index contributed by atoms with van der Waals surface area (Å²) in [5.41, 5.74) is 3.59. The van der Waals surface area contributed by atoms with E-state index in [1.54, 1.807) is 11.8 Å². The number of hydrogen-bond acceptors (Lipinski definition) is 3. The van der Waals surface area contributed by atoms with Gasteiger partial charge in [-0.05, 0) is 48.7 Å². The second kappa shape index (κ2) is 12.8. The SMILES string of the molecule is CCCCCC#Cc1ccc(C)c(C(=O)OCC[Si](C)(C)C)c1CSc1ccccc1. The van der Waals surface area contributed by atoms with Crippen LogP contribution in [0.5, 0.6) is 0 Å². The van der Waals surface area contributed by atoms with E-state index in [0.29, 0.717) is 17.9 Å². The standard InChI is InChI=1S/C27H36O2SSi/c1-6-7-8-9-11-14-23-18-17-22(2)26(27(28)29-19-20-31(3,4)5)25(23)21-30-24-15-12-10-13-16-24/h10,12-13,15-18H,6-9,19-21H2,1-5H3. The molecule has 0 aliphatic rings. The van der Waals surface area contributed by atoms with Gasteiger partial charge < -0.3 is 4.74 Å². The molecule has 0 spiro atoms. The molecule has 166 valence electrons. The summed E-state index contributed by atoms with van der Waals surface area (Å²) in [6, 6.07) is 15.3. The molecule has 0 bridgehead atoms. The van der Waals surface area contributed by atoms with Crippen LogP contribution in [-0.4, -0.2) is 20.7 Å². The summed E-state index contributed by atoms with van der Waals surface area (Å²) in [4.78, 5) is 14.3. The third-order valence-corrected chi connectivity index (χ3v) is 7.81. The quantitative estimate of drug-likeness (QED) is 0.121. The summed E-state index contributed by atoms with van der Waals surface area (Å²) in [6.07, 6.45) is 4.41. The maximum absolute atomic E-state index is 13.1. The summed E-state index contributed by atoms with van der Waals surface area (Å²) in [7, 11) is -1.25. The van der Waals surface area contributed by atoms with Crippen LogP contribution in [0.15, 0.2) is 47.4 Å². The van der Waals surface area contributed by atoms with Gasteiger partial charge >= 0.3 is 5.97 Å². The molecule has 0 atom stereocenters. The van der Waals surface area contributed by atoms with Gasteiger partial charge in [-0.15, -0.1) is 11.8 Å². The molecule has 2 nitrogen and oxygen atoms in total. The molecule has 0 aliphatic heterocycles. The van der Waals surface area contributed by atoms with Gasteiger partial charge in [0.2, 0.25) is 0 Å². The lowest BCUT2D eigenvalue weighted by atomic mass is 9.97. The van der Waals surface area contributed by atoms with Gasteiger partial charge in [0, 0.05) is 30.7 Å². The summed E-state index contributed by atoms with van der Waals surface area (Å²) in [5.74, 6) is 7.15. The number of ether oxygens (including phenoxy) is 1. The van der Waals surface area contributed by atoms with Crippen LogP contribution in [0.3, 0.4) is 0 Å². The van der Waals surface area contributed by atoms with E-state index in [9.17, 15) is 4.79 Å². The smallest absolute Gasteiger partial charge is 0.338 e. The van der Waals surface area contributed by atoms with Crippen molar-refractivity contribution in [1.29, 1.82) is 0 Å². The highest BCUT2D eigenvalue weighted by Crippen LogP contribution is 2.29. The molecule has 0 saturated heterocycles. The molecular weight excluding hydrogens is 416 g/mol. The minimum atomic E-state index is -1.25. The molecule has 0 amide bonds. The molecule has 0 aromatic heterocycles. The van der Waals surface area contributed by atoms with E-state index in [0.717, 1.165) is 35.6 Å². The number of unbranched alkanes of at least 4 members (excludes halogenated alkanes) is 3. The summed E-state index contributed by atoms with van der Waals surface area (Å²) >= 11 is 1.73. The number of aryl methyl sites for hydroxylation is 1. The summed E-state index contributed by atoms with van der Waals surface area (Å²) in [5, 5.41) is 0. The molecule has 0 radical (unpaired) electrons. The third-order valence-electron chi connectivity index (χ3n) is 5.07. The Kier molecular flexibility index (Phi) is 10.4. The number of benzene rings is 2. The number of rotatable bonds is 10. The molecule has 0 aliphatic carbocycles. The van der Waals surface area contributed by atoms with Crippen molar-refractivity contribution in [1.82, 2.24) is 0 Å². The number of esters is 1. The Morgan fingerprint density at radius 2 is 1.81 bits per heavy atom. The van der Waals surface area contributed by atoms with Crippen LogP contribution in [0.25, 0.3) is 0 Å². The van der Waals surface area contributed by atoms with Crippen LogP contribution in [0.1, 0.15) is 59.7 Å². The lowest BCUT2D eigenvalue weighted by Crippen LogP contribution is -2.23. The van der Waals surface area contributed by atoms with E-state index < -0.39 is 8.07 Å². The Morgan fingerprint density at radius 3 is 2.48 bits per heavy atom. The molecule has 2 aromatic rings. The molecule has 0 heterocycles. The Labute approximate surface area is 194 Å². The van der Waals surface area contributed by atoms with Gasteiger partial charge in [-0.3, -0.25) is 0 Å². The van der Waals surface area contributed by atoms with Gasteiger partial charge in [0.1, 0.15) is 0 Å². The lowest BCUT2D eigenvalue weighted by molar-refractivity contribution is 0.0523. The highest BCUT2D eigenvalue weighted by Gasteiger charge is 2.20. The van der Waals surface area contributed by atoms with Crippen molar-refractivity contribution in [3.05, 3.63) is 64.7 Å². The summed E-state index contributed by atoms with van der Waals surface area (Å²) < 4.78 is 5.73. The minimum Gasteiger partial charge on any atom is -0.462 e. The molecular formula is C27H36O2SSi. The fraction of sp³-hybridized carbons (Fsp3) is 0.444. The molecule has 0 N–H and O–H groups in total. The van der Waals surface area contributed by atoms with Gasteiger partial charge in [-0.25, -0.2) is 4.79 Å². The van der Waals surface area contributed by atoms with Crippen molar-refractivity contribution in [2.24, 2.45) is 0 Å². The summed E-state index contributed by atoms with van der Waals surface area (Å²) in [6.45, 7) is 11.6. The Balaban J connectivity index is 2.29. The van der Waals surface area contributed by atoms with Crippen LogP contribution < -0.4 is 0 Å². The fourth-order valence-corrected chi connectivity index (χ4v) is 4.81. The van der Waals surface area contributed by atoms with Crippen molar-refractivity contribution in [2.45, 2.75) is 75.9 Å². The van der Waals surface area contributed by atoms with E-state index >= 15 is 0 Å². The second-order valence-electron chi connectivity index (χ2n) is 9.09. The highest BCUT2D eigenvalue weighted by molar-refractivity contribution is 7.98. The number of hydrogen-bond donors (Lipinski definition) is 0. The van der Waals surface area contributed by atoms with Crippen molar-refractivity contribution in [2.75, 3.05) is 6.61 Å². The van der Waals surface area contributed by atoms with Crippen LogP contribution in [-0.2, 0) is 10.5 Å². The van der Waals surface area contributed by atoms with Crippen molar-refractivity contribution in [3.63, 3.8) is 0 Å². The Morgan fingerprint density at radius 1 is 1.06 bits per heavy atom. The van der Waals surface area contributed by atoms with E-state index in [-0.39, 0.29) is 5.97 Å². The van der Waals surface area contributed by atoms with E-state index in [2.05, 4.69) is 56.6 Å². The average molecular weight is 453 g/mol. The van der Waals surface area contributed by atoms with Crippen LogP contribution >= 0.6 is 11.8 Å². The van der Waals surface area contributed by atoms with Crippen LogP contribution in [0.2, 0.25) is 25.7 Å². The molecule has 0 saturated carbocycles. The van der Waals surface area contributed by atoms with Gasteiger partial charge in [0.25, 0.3) is 0 Å². The maximum Gasteiger partial charge on any atom is 0.338 e. The monoisotopic (exact) mass is 452 g/mol. The normalized spacial score (nSPS) is 11.0. The van der Waals surface area contributed by atoms with Crippen molar-refractivity contribution < 1.29 is 9.53 Å². The second-order valence-corrected chi connectivity index (χ2v) is 15.8.